The Morgan fingerprint density at radius 3 is 2.53 bits per heavy atom. The largest absolute Gasteiger partial charge is 0.349 e. The molecule has 3 nitrogen and oxygen atoms in total. The molecule has 2 rings (SSSR count). The van der Waals surface area contributed by atoms with Gasteiger partial charge in [-0.1, -0.05) is 36.2 Å². The Morgan fingerprint density at radius 1 is 1.32 bits per heavy atom. The van der Waals surface area contributed by atoms with Gasteiger partial charge in [0.25, 0.3) is 0 Å². The van der Waals surface area contributed by atoms with E-state index in [0.717, 1.165) is 18.7 Å². The average molecular weight is 301 g/mol. The first-order valence-corrected chi connectivity index (χ1v) is 7.20. The summed E-state index contributed by atoms with van der Waals surface area (Å²) in [4.78, 5) is 12.1. The van der Waals surface area contributed by atoms with Crippen LogP contribution in [0.15, 0.2) is 18.2 Å². The predicted octanol–water partition coefficient (Wildman–Crippen LogP) is 3.03. The summed E-state index contributed by atoms with van der Waals surface area (Å²) in [6.07, 6.45) is 0. The van der Waals surface area contributed by atoms with Crippen molar-refractivity contribution in [2.24, 2.45) is 11.8 Å². The van der Waals surface area contributed by atoms with E-state index in [9.17, 15) is 4.79 Å². The number of amides is 1. The summed E-state index contributed by atoms with van der Waals surface area (Å²) in [5.74, 6) is 0.567. The lowest BCUT2D eigenvalue weighted by atomic mass is 9.88. The second-order valence-corrected chi connectivity index (χ2v) is 5.93. The van der Waals surface area contributed by atoms with Crippen LogP contribution in [-0.2, 0) is 4.79 Å². The predicted molar refractivity (Wildman–Crippen MR) is 78.5 cm³/mol. The standard InChI is InChI=1S/C14H18Cl2N2O/c1-8(11-6-17-7-11)14(19)18-9(2)10-3-4-12(15)13(16)5-10/h3-5,8-9,11,17H,6-7H2,1-2H3,(H,18,19). The maximum Gasteiger partial charge on any atom is 0.223 e. The van der Waals surface area contributed by atoms with Gasteiger partial charge in [-0.2, -0.15) is 0 Å². The maximum absolute atomic E-state index is 12.1. The summed E-state index contributed by atoms with van der Waals surface area (Å²) in [6, 6.07) is 5.36. The molecule has 104 valence electrons. The smallest absolute Gasteiger partial charge is 0.223 e. The minimum atomic E-state index is -0.0715. The van der Waals surface area contributed by atoms with Crippen LogP contribution in [0.3, 0.4) is 0 Å². The van der Waals surface area contributed by atoms with Crippen molar-refractivity contribution in [3.63, 3.8) is 0 Å². The normalized spacial score (nSPS) is 18.5. The molecule has 0 aromatic heterocycles. The number of carbonyl (C=O) groups excluding carboxylic acids is 1. The van der Waals surface area contributed by atoms with Crippen LogP contribution >= 0.6 is 23.2 Å². The third kappa shape index (κ3) is 3.41. The summed E-state index contributed by atoms with van der Waals surface area (Å²) in [5.41, 5.74) is 0.960. The molecule has 2 N–H and O–H groups in total. The highest BCUT2D eigenvalue weighted by Crippen LogP contribution is 2.26. The summed E-state index contributed by atoms with van der Waals surface area (Å²) < 4.78 is 0. The molecule has 0 saturated carbocycles. The summed E-state index contributed by atoms with van der Waals surface area (Å²) in [5, 5.41) is 7.24. The molecular formula is C14H18Cl2N2O. The summed E-state index contributed by atoms with van der Waals surface area (Å²) in [7, 11) is 0. The van der Waals surface area contributed by atoms with Gasteiger partial charge >= 0.3 is 0 Å². The van der Waals surface area contributed by atoms with E-state index in [1.807, 2.05) is 19.9 Å². The third-order valence-electron chi connectivity index (χ3n) is 3.74. The van der Waals surface area contributed by atoms with Crippen LogP contribution in [0.25, 0.3) is 0 Å². The van der Waals surface area contributed by atoms with Crippen LogP contribution in [-0.4, -0.2) is 19.0 Å². The molecule has 0 spiro atoms. The molecule has 1 heterocycles. The van der Waals surface area contributed by atoms with Gasteiger partial charge in [0.15, 0.2) is 0 Å². The van der Waals surface area contributed by atoms with Gasteiger partial charge in [-0.3, -0.25) is 4.79 Å². The van der Waals surface area contributed by atoms with Crippen LogP contribution < -0.4 is 10.6 Å². The van der Waals surface area contributed by atoms with Crippen LogP contribution in [0.5, 0.6) is 0 Å². The van der Waals surface area contributed by atoms with E-state index in [2.05, 4.69) is 10.6 Å². The lowest BCUT2D eigenvalue weighted by Crippen LogP contribution is -2.49. The van der Waals surface area contributed by atoms with Crippen molar-refractivity contribution in [2.45, 2.75) is 19.9 Å². The molecule has 1 aliphatic heterocycles. The van der Waals surface area contributed by atoms with Gasteiger partial charge in [-0.25, -0.2) is 0 Å². The van der Waals surface area contributed by atoms with Gasteiger partial charge in [0.05, 0.1) is 16.1 Å². The maximum atomic E-state index is 12.1. The molecule has 2 unspecified atom stereocenters. The first kappa shape index (κ1) is 14.6. The van der Waals surface area contributed by atoms with Crippen molar-refractivity contribution < 1.29 is 4.79 Å². The molecule has 5 heteroatoms. The lowest BCUT2D eigenvalue weighted by molar-refractivity contribution is -0.127. The molecule has 0 bridgehead atoms. The molecule has 1 aliphatic rings. The Bertz CT molecular complexity index is 475. The Morgan fingerprint density at radius 2 is 2.00 bits per heavy atom. The monoisotopic (exact) mass is 300 g/mol. The SMILES string of the molecule is CC(NC(=O)C(C)C1CNC1)c1ccc(Cl)c(Cl)c1. The molecule has 0 radical (unpaired) electrons. The Hall–Kier alpha value is -0.770. The fraction of sp³-hybridized carbons (Fsp3) is 0.500. The molecular weight excluding hydrogens is 283 g/mol. The lowest BCUT2D eigenvalue weighted by Gasteiger charge is -2.32. The van der Waals surface area contributed by atoms with Crippen LogP contribution in [0.1, 0.15) is 25.5 Å². The number of hydrogen-bond acceptors (Lipinski definition) is 2. The van der Waals surface area contributed by atoms with E-state index < -0.39 is 0 Å². The Balaban J connectivity index is 1.97. The number of halogens is 2. The van der Waals surface area contributed by atoms with E-state index in [4.69, 9.17) is 23.2 Å². The second-order valence-electron chi connectivity index (χ2n) is 5.11. The van der Waals surface area contributed by atoms with E-state index in [1.54, 1.807) is 12.1 Å². The first-order chi connectivity index (χ1) is 8.99. The second kappa shape index (κ2) is 6.12. The fourth-order valence-corrected chi connectivity index (χ4v) is 2.40. The minimum absolute atomic E-state index is 0.0338. The Kier molecular flexibility index (Phi) is 4.71. The van der Waals surface area contributed by atoms with Crippen molar-refractivity contribution in [1.29, 1.82) is 0 Å². The van der Waals surface area contributed by atoms with Gasteiger partial charge in [0.1, 0.15) is 0 Å². The average Bonchev–Trinajstić information content (AvgIpc) is 2.30. The number of rotatable bonds is 4. The third-order valence-corrected chi connectivity index (χ3v) is 4.48. The zero-order chi connectivity index (χ0) is 14.0. The van der Waals surface area contributed by atoms with Gasteiger partial charge in [-0.05, 0) is 43.6 Å². The zero-order valence-corrected chi connectivity index (χ0v) is 12.6. The first-order valence-electron chi connectivity index (χ1n) is 6.45. The van der Waals surface area contributed by atoms with Crippen molar-refractivity contribution in [2.75, 3.05) is 13.1 Å². The quantitative estimate of drug-likeness (QED) is 0.897. The molecule has 1 saturated heterocycles. The fourth-order valence-electron chi connectivity index (χ4n) is 2.09. The molecule has 19 heavy (non-hydrogen) atoms. The van der Waals surface area contributed by atoms with E-state index in [0.29, 0.717) is 16.0 Å². The van der Waals surface area contributed by atoms with E-state index >= 15 is 0 Å². The van der Waals surface area contributed by atoms with Crippen molar-refractivity contribution >= 4 is 29.1 Å². The van der Waals surface area contributed by atoms with Crippen LogP contribution in [0.2, 0.25) is 10.0 Å². The van der Waals surface area contributed by atoms with Crippen molar-refractivity contribution in [3.8, 4) is 0 Å². The number of carbonyl (C=O) groups is 1. The topological polar surface area (TPSA) is 41.1 Å². The van der Waals surface area contributed by atoms with E-state index in [-0.39, 0.29) is 17.9 Å². The van der Waals surface area contributed by atoms with Gasteiger partial charge < -0.3 is 10.6 Å². The number of benzene rings is 1. The van der Waals surface area contributed by atoms with Crippen LogP contribution in [0.4, 0.5) is 0 Å². The molecule has 0 aliphatic carbocycles. The minimum Gasteiger partial charge on any atom is -0.349 e. The highest BCUT2D eigenvalue weighted by atomic mass is 35.5. The molecule has 1 amide bonds. The van der Waals surface area contributed by atoms with Crippen molar-refractivity contribution in [1.82, 2.24) is 10.6 Å². The van der Waals surface area contributed by atoms with Crippen molar-refractivity contribution in [3.05, 3.63) is 33.8 Å². The highest BCUT2D eigenvalue weighted by molar-refractivity contribution is 6.42. The molecule has 2 atom stereocenters. The highest BCUT2D eigenvalue weighted by Gasteiger charge is 2.29. The number of nitrogens with one attached hydrogen (secondary N) is 2. The molecule has 1 aromatic carbocycles. The van der Waals surface area contributed by atoms with Gasteiger partial charge in [0, 0.05) is 5.92 Å². The molecule has 1 aromatic rings. The number of hydrogen-bond donors (Lipinski definition) is 2. The van der Waals surface area contributed by atoms with Crippen LogP contribution in [0, 0.1) is 11.8 Å². The summed E-state index contributed by atoms with van der Waals surface area (Å²) in [6.45, 7) is 5.77. The molecule has 1 fully saturated rings. The van der Waals surface area contributed by atoms with Gasteiger partial charge in [0.2, 0.25) is 5.91 Å². The zero-order valence-electron chi connectivity index (χ0n) is 11.0. The summed E-state index contributed by atoms with van der Waals surface area (Å²) >= 11 is 11.9. The van der Waals surface area contributed by atoms with Gasteiger partial charge in [-0.15, -0.1) is 0 Å². The Labute approximate surface area is 123 Å². The van der Waals surface area contributed by atoms with E-state index in [1.165, 1.54) is 0 Å².